The molecule has 3 unspecified atom stereocenters. The normalized spacial score (nSPS) is 20.5. The first kappa shape index (κ1) is 52.2. The van der Waals surface area contributed by atoms with Gasteiger partial charge in [0, 0.05) is 49.4 Å². The number of hydrogen-bond acceptors (Lipinski definition) is 14. The van der Waals surface area contributed by atoms with Crippen LogP contribution in [0.15, 0.2) is 72.8 Å². The lowest BCUT2D eigenvalue weighted by Crippen LogP contribution is -2.36. The number of nitrogens with one attached hydrogen (secondary N) is 1. The first-order valence-corrected chi connectivity index (χ1v) is 27.4. The first-order chi connectivity index (χ1) is 36.2. The largest absolute Gasteiger partial charge is 0.459 e. The van der Waals surface area contributed by atoms with Gasteiger partial charge in [-0.05, 0) is 149 Å². The number of amides is 1. The minimum absolute atomic E-state index is 0.00420. The molecule has 11 rings (SSSR count). The van der Waals surface area contributed by atoms with E-state index in [0.29, 0.717) is 52.0 Å². The molecule has 5 fully saturated rings. The lowest BCUT2D eigenvalue weighted by molar-refractivity contribution is -0.0233. The van der Waals surface area contributed by atoms with Crippen molar-refractivity contribution in [1.82, 2.24) is 65.9 Å². The predicted octanol–water partition coefficient (Wildman–Crippen LogP) is 9.90. The van der Waals surface area contributed by atoms with E-state index in [0.717, 1.165) is 54.2 Å². The van der Waals surface area contributed by atoms with Crippen LogP contribution >= 0.6 is 0 Å². The van der Waals surface area contributed by atoms with Crippen LogP contribution < -0.4 is 5.32 Å². The number of ether oxygens (including phenoxy) is 2. The highest BCUT2D eigenvalue weighted by molar-refractivity contribution is 5.95. The number of aromatic nitrogens is 12. The summed E-state index contributed by atoms with van der Waals surface area (Å²) < 4.78 is 16.8. The van der Waals surface area contributed by atoms with Crippen molar-refractivity contribution in [3.63, 3.8) is 0 Å². The Labute approximate surface area is 434 Å². The number of tetrazole rings is 3. The summed E-state index contributed by atoms with van der Waals surface area (Å²) in [6.45, 7) is 0. The second-order valence-corrected chi connectivity index (χ2v) is 21.2. The number of carbonyl (C=O) groups excluding carboxylic acids is 3. The summed E-state index contributed by atoms with van der Waals surface area (Å²) >= 11 is 0. The Kier molecular flexibility index (Phi) is 18.0. The average Bonchev–Trinajstić information content (AvgIpc) is 4.22. The van der Waals surface area contributed by atoms with Crippen molar-refractivity contribution in [3.05, 3.63) is 89.5 Å². The van der Waals surface area contributed by atoms with Gasteiger partial charge in [0.15, 0.2) is 17.5 Å². The summed E-state index contributed by atoms with van der Waals surface area (Å²) in [6.07, 6.45) is 27.2. The van der Waals surface area contributed by atoms with Gasteiger partial charge in [0.1, 0.15) is 12.2 Å². The number of benzene rings is 3. The summed E-state index contributed by atoms with van der Waals surface area (Å²) in [5.41, 5.74) is 4.54. The van der Waals surface area contributed by atoms with Crippen LogP contribution in [0.25, 0.3) is 34.2 Å². The Balaban J connectivity index is 0.000000138. The van der Waals surface area contributed by atoms with Crippen molar-refractivity contribution < 1.29 is 23.9 Å². The van der Waals surface area contributed by atoms with E-state index in [9.17, 15) is 14.4 Å². The van der Waals surface area contributed by atoms with E-state index in [4.69, 9.17) is 9.47 Å². The number of carbonyl (C=O) groups is 3. The van der Waals surface area contributed by atoms with Gasteiger partial charge in [-0.25, -0.2) is 23.6 Å². The molecular weight excluding hydrogens is 935 g/mol. The van der Waals surface area contributed by atoms with Gasteiger partial charge < -0.3 is 14.8 Å². The van der Waals surface area contributed by atoms with Crippen molar-refractivity contribution in [2.24, 2.45) is 44.8 Å². The Morgan fingerprint density at radius 2 is 0.878 bits per heavy atom. The summed E-state index contributed by atoms with van der Waals surface area (Å²) in [4.78, 5) is 37.6. The number of nitrogens with zero attached hydrogens (tertiary/aromatic N) is 12. The van der Waals surface area contributed by atoms with E-state index in [-0.39, 0.29) is 30.1 Å². The van der Waals surface area contributed by atoms with E-state index in [2.05, 4.69) is 51.9 Å². The van der Waals surface area contributed by atoms with Crippen LogP contribution in [-0.4, -0.2) is 96.7 Å². The molecule has 1 amide bonds. The highest BCUT2D eigenvalue weighted by atomic mass is 16.5. The smallest absolute Gasteiger partial charge is 0.338 e. The second kappa shape index (κ2) is 25.5. The second-order valence-electron chi connectivity index (χ2n) is 21.2. The number of fused-ring (bicyclic) bond motifs is 1. The molecule has 3 heterocycles. The Morgan fingerprint density at radius 1 is 0.473 bits per heavy atom. The zero-order valence-corrected chi connectivity index (χ0v) is 43.4. The van der Waals surface area contributed by atoms with Gasteiger partial charge in [-0.3, -0.25) is 4.79 Å². The van der Waals surface area contributed by atoms with E-state index in [1.807, 2.05) is 60.7 Å². The van der Waals surface area contributed by atoms with E-state index < -0.39 is 0 Å². The third-order valence-electron chi connectivity index (χ3n) is 16.2. The van der Waals surface area contributed by atoms with Gasteiger partial charge in [-0.1, -0.05) is 120 Å². The highest BCUT2D eigenvalue weighted by Gasteiger charge is 2.36. The van der Waals surface area contributed by atoms with Crippen molar-refractivity contribution in [3.8, 4) is 34.2 Å². The maximum absolute atomic E-state index is 12.9. The van der Waals surface area contributed by atoms with Crippen molar-refractivity contribution >= 4 is 17.8 Å². The molecule has 0 saturated heterocycles. The fourth-order valence-electron chi connectivity index (χ4n) is 12.1. The standard InChI is InChI=1S/C22H30N4O2.C19H24N4O2.C15H19N5O/c1-26-21(23-24-25-26)18-12-14-19(15-13-18)22(27)28-20(16-8-4-2-5-9-16)17-10-6-3-7-11-17;1-23-18(20-21-22-23)14-6-8-15(9-7-14)19(24)25-17-11-10-13-4-2-3-5-16(13)12-17;1-20-14(17-18-19-20)11-7-9-12(10-8-11)15(21)16-13-5-3-2-4-6-13/h12-17,20H,2-11H2,1H3;6-9,13,16-17H,2-5,10-12H2,1H3;7-10,13H,2-6H2,1H3,(H,16,21). The van der Waals surface area contributed by atoms with Crippen LogP contribution in [-0.2, 0) is 30.6 Å². The molecule has 5 aliphatic carbocycles. The molecule has 5 aliphatic rings. The summed E-state index contributed by atoms with van der Waals surface area (Å²) in [5, 5.41) is 37.5. The molecule has 3 atom stereocenters. The van der Waals surface area contributed by atoms with Crippen molar-refractivity contribution in [1.29, 1.82) is 0 Å². The zero-order chi connectivity index (χ0) is 51.2. The third kappa shape index (κ3) is 13.5. The van der Waals surface area contributed by atoms with Crippen LogP contribution in [0.2, 0.25) is 0 Å². The molecule has 0 aliphatic heterocycles. The third-order valence-corrected chi connectivity index (χ3v) is 16.2. The molecule has 1 N–H and O–H groups in total. The molecule has 0 bridgehead atoms. The van der Waals surface area contributed by atoms with Crippen LogP contribution in [0.5, 0.6) is 0 Å². The first-order valence-electron chi connectivity index (χ1n) is 27.4. The van der Waals surface area contributed by atoms with Crippen LogP contribution in [0.3, 0.4) is 0 Å². The minimum atomic E-state index is -0.220. The van der Waals surface area contributed by atoms with Crippen molar-refractivity contribution in [2.45, 2.75) is 160 Å². The topological polar surface area (TPSA) is 212 Å². The van der Waals surface area contributed by atoms with Crippen LogP contribution in [0, 0.1) is 23.7 Å². The van der Waals surface area contributed by atoms with Crippen LogP contribution in [0.4, 0.5) is 0 Å². The van der Waals surface area contributed by atoms with Gasteiger partial charge in [0.2, 0.25) is 0 Å². The fraction of sp³-hybridized carbons (Fsp3) is 0.571. The molecular formula is C56H73N13O5. The molecule has 392 valence electrons. The van der Waals surface area contributed by atoms with E-state index >= 15 is 0 Å². The molecule has 5 saturated carbocycles. The van der Waals surface area contributed by atoms with E-state index in [1.165, 1.54) is 116 Å². The van der Waals surface area contributed by atoms with Gasteiger partial charge >= 0.3 is 11.9 Å². The lowest BCUT2D eigenvalue weighted by Gasteiger charge is -2.38. The maximum atomic E-state index is 12.9. The Morgan fingerprint density at radius 3 is 1.32 bits per heavy atom. The zero-order valence-electron chi connectivity index (χ0n) is 43.4. The van der Waals surface area contributed by atoms with Gasteiger partial charge in [0.05, 0.1) is 11.1 Å². The number of hydrogen-bond donors (Lipinski definition) is 1. The molecule has 0 spiro atoms. The lowest BCUT2D eigenvalue weighted by atomic mass is 9.70. The minimum Gasteiger partial charge on any atom is -0.459 e. The summed E-state index contributed by atoms with van der Waals surface area (Å²) in [5.74, 6) is 4.32. The van der Waals surface area contributed by atoms with Gasteiger partial charge in [0.25, 0.3) is 5.91 Å². The quantitative estimate of drug-likeness (QED) is 0.120. The van der Waals surface area contributed by atoms with E-state index in [1.54, 1.807) is 47.3 Å². The SMILES string of the molecule is Cn1nnnc1-c1ccc(C(=O)NC2CCCCC2)cc1.Cn1nnnc1-c1ccc(C(=O)OC(C2CCCCC2)C2CCCCC2)cc1.Cn1nnnc1-c1ccc(C(=O)OC2CCC3CCCCC3C2)cc1. The van der Waals surface area contributed by atoms with Crippen LogP contribution in [0.1, 0.15) is 172 Å². The predicted molar refractivity (Wildman–Crippen MR) is 278 cm³/mol. The molecule has 0 radical (unpaired) electrons. The molecule has 6 aromatic rings. The van der Waals surface area contributed by atoms with Gasteiger partial charge in [-0.2, -0.15) is 0 Å². The fourth-order valence-corrected chi connectivity index (χ4v) is 12.1. The van der Waals surface area contributed by atoms with Crippen molar-refractivity contribution in [2.75, 3.05) is 0 Å². The Bertz CT molecular complexity index is 2700. The molecule has 18 nitrogen and oxygen atoms in total. The molecule has 3 aromatic heterocycles. The summed E-state index contributed by atoms with van der Waals surface area (Å²) in [7, 11) is 5.38. The summed E-state index contributed by atoms with van der Waals surface area (Å²) in [6, 6.07) is 22.5. The number of esters is 2. The number of aryl methyl sites for hydroxylation is 3. The molecule has 3 aromatic carbocycles. The highest BCUT2D eigenvalue weighted by Crippen LogP contribution is 2.42. The average molecular weight is 1010 g/mol. The maximum Gasteiger partial charge on any atom is 0.338 e. The number of rotatable bonds is 11. The monoisotopic (exact) mass is 1010 g/mol. The van der Waals surface area contributed by atoms with Gasteiger partial charge in [-0.15, -0.1) is 15.3 Å². The molecule has 18 heteroatoms. The Hall–Kier alpha value is -6.72. The molecule has 74 heavy (non-hydrogen) atoms.